The number of rotatable bonds is 2. The zero-order valence-corrected chi connectivity index (χ0v) is 9.52. The number of hydrogen-bond acceptors (Lipinski definition) is 3. The lowest BCUT2D eigenvalue weighted by molar-refractivity contribution is -0.156. The molecule has 1 aliphatic heterocycles. The summed E-state index contributed by atoms with van der Waals surface area (Å²) in [4.78, 5) is 0. The molecule has 0 aromatic heterocycles. The number of halogens is 2. The maximum atomic E-state index is 6.09. The van der Waals surface area contributed by atoms with Gasteiger partial charge in [0.05, 0.1) is 29.8 Å². The molecule has 0 atom stereocenters. The van der Waals surface area contributed by atoms with Gasteiger partial charge in [-0.2, -0.15) is 0 Å². The molecule has 1 heterocycles. The Kier molecular flexibility index (Phi) is 3.19. The summed E-state index contributed by atoms with van der Waals surface area (Å²) in [6, 6.07) is 5.32. The molecule has 5 heteroatoms. The molecule has 1 aromatic carbocycles. The topological polar surface area (TPSA) is 44.5 Å². The van der Waals surface area contributed by atoms with E-state index in [1.54, 1.807) is 12.1 Å². The quantitative estimate of drug-likeness (QED) is 0.872. The Morgan fingerprint density at radius 2 is 1.93 bits per heavy atom. The van der Waals surface area contributed by atoms with E-state index in [0.29, 0.717) is 28.8 Å². The van der Waals surface area contributed by atoms with Gasteiger partial charge in [-0.25, -0.2) is 0 Å². The average molecular weight is 248 g/mol. The fourth-order valence-electron chi connectivity index (χ4n) is 1.64. The molecule has 0 bridgehead atoms. The summed E-state index contributed by atoms with van der Waals surface area (Å²) in [5.41, 5.74) is 6.36. The molecule has 0 amide bonds. The maximum Gasteiger partial charge on any atom is 0.209 e. The number of nitrogens with two attached hydrogens (primary N) is 1. The van der Waals surface area contributed by atoms with Crippen molar-refractivity contribution in [3.8, 4) is 0 Å². The molecule has 1 aromatic rings. The molecule has 1 saturated heterocycles. The second-order valence-corrected chi connectivity index (χ2v) is 4.04. The monoisotopic (exact) mass is 247 g/mol. The van der Waals surface area contributed by atoms with Crippen LogP contribution in [0.5, 0.6) is 0 Å². The molecule has 1 fully saturated rings. The van der Waals surface area contributed by atoms with E-state index in [0.717, 1.165) is 0 Å². The van der Waals surface area contributed by atoms with Crippen LogP contribution in [0.15, 0.2) is 18.2 Å². The SMILES string of the molecule is NCC1(c2cccc(Cl)c2Cl)OCCO1. The first-order valence-electron chi connectivity index (χ1n) is 4.62. The predicted octanol–water partition coefficient (Wildman–Crippen LogP) is 2.15. The molecular weight excluding hydrogens is 237 g/mol. The fraction of sp³-hybridized carbons (Fsp3) is 0.400. The fourth-order valence-corrected chi connectivity index (χ4v) is 2.08. The Hall–Kier alpha value is -0.320. The van der Waals surface area contributed by atoms with E-state index in [1.807, 2.05) is 6.07 Å². The van der Waals surface area contributed by atoms with Crippen LogP contribution in [0.1, 0.15) is 5.56 Å². The Bertz CT molecular complexity index is 364. The lowest BCUT2D eigenvalue weighted by Crippen LogP contribution is -2.36. The molecule has 1 aliphatic rings. The minimum Gasteiger partial charge on any atom is -0.342 e. The van der Waals surface area contributed by atoms with Crippen LogP contribution in [0.2, 0.25) is 10.0 Å². The van der Waals surface area contributed by atoms with Gasteiger partial charge >= 0.3 is 0 Å². The lowest BCUT2D eigenvalue weighted by Gasteiger charge is -2.27. The standard InChI is InChI=1S/C10H11Cl2NO2/c11-8-3-1-2-7(9(8)12)10(6-13)14-4-5-15-10/h1-3H,4-6,13H2. The number of ether oxygens (including phenoxy) is 2. The molecule has 0 spiro atoms. The van der Waals surface area contributed by atoms with Crippen molar-refractivity contribution in [3.05, 3.63) is 33.8 Å². The highest BCUT2D eigenvalue weighted by Gasteiger charge is 2.39. The number of benzene rings is 1. The Labute approximate surface area is 98.1 Å². The Morgan fingerprint density at radius 1 is 1.27 bits per heavy atom. The summed E-state index contributed by atoms with van der Waals surface area (Å²) in [5.74, 6) is -0.929. The van der Waals surface area contributed by atoms with Crippen LogP contribution in [0.25, 0.3) is 0 Å². The summed E-state index contributed by atoms with van der Waals surface area (Å²) in [5, 5.41) is 0.910. The molecule has 0 unspecified atom stereocenters. The highest BCUT2D eigenvalue weighted by Crippen LogP contribution is 2.38. The van der Waals surface area contributed by atoms with E-state index in [9.17, 15) is 0 Å². The zero-order chi connectivity index (χ0) is 10.9. The van der Waals surface area contributed by atoms with Crippen LogP contribution in [-0.4, -0.2) is 19.8 Å². The first kappa shape index (κ1) is 11.2. The van der Waals surface area contributed by atoms with Crippen LogP contribution in [-0.2, 0) is 15.3 Å². The average Bonchev–Trinajstić information content (AvgIpc) is 2.72. The van der Waals surface area contributed by atoms with Crippen molar-refractivity contribution in [3.63, 3.8) is 0 Å². The lowest BCUT2D eigenvalue weighted by atomic mass is 10.1. The molecule has 15 heavy (non-hydrogen) atoms. The van der Waals surface area contributed by atoms with Gasteiger partial charge in [-0.1, -0.05) is 35.3 Å². The van der Waals surface area contributed by atoms with Crippen LogP contribution in [0, 0.1) is 0 Å². The maximum absolute atomic E-state index is 6.09. The predicted molar refractivity (Wildman–Crippen MR) is 59.1 cm³/mol. The third-order valence-corrected chi connectivity index (χ3v) is 3.20. The minimum atomic E-state index is -0.929. The van der Waals surface area contributed by atoms with Crippen LogP contribution >= 0.6 is 23.2 Å². The Balaban J connectivity index is 2.47. The molecule has 0 saturated carbocycles. The van der Waals surface area contributed by atoms with E-state index in [-0.39, 0.29) is 6.54 Å². The largest absolute Gasteiger partial charge is 0.342 e. The second-order valence-electron chi connectivity index (χ2n) is 3.26. The van der Waals surface area contributed by atoms with Gasteiger partial charge in [0.25, 0.3) is 0 Å². The van der Waals surface area contributed by atoms with Gasteiger partial charge in [0.15, 0.2) is 0 Å². The third kappa shape index (κ3) is 1.86. The van der Waals surface area contributed by atoms with Crippen molar-refractivity contribution in [2.75, 3.05) is 19.8 Å². The van der Waals surface area contributed by atoms with Gasteiger partial charge in [-0.3, -0.25) is 0 Å². The van der Waals surface area contributed by atoms with Crippen LogP contribution in [0.4, 0.5) is 0 Å². The van der Waals surface area contributed by atoms with Crippen molar-refractivity contribution in [1.29, 1.82) is 0 Å². The van der Waals surface area contributed by atoms with Gasteiger partial charge in [-0.15, -0.1) is 0 Å². The van der Waals surface area contributed by atoms with Gasteiger partial charge < -0.3 is 15.2 Å². The molecular formula is C10H11Cl2NO2. The van der Waals surface area contributed by atoms with Crippen molar-refractivity contribution in [2.24, 2.45) is 5.73 Å². The molecule has 3 nitrogen and oxygen atoms in total. The summed E-state index contributed by atoms with van der Waals surface area (Å²) in [6.45, 7) is 1.24. The third-order valence-electron chi connectivity index (χ3n) is 2.38. The highest BCUT2D eigenvalue weighted by molar-refractivity contribution is 6.42. The van der Waals surface area contributed by atoms with Gasteiger partial charge in [0.2, 0.25) is 5.79 Å². The Morgan fingerprint density at radius 3 is 2.53 bits per heavy atom. The van der Waals surface area contributed by atoms with E-state index in [2.05, 4.69) is 0 Å². The molecule has 2 rings (SSSR count). The van der Waals surface area contributed by atoms with Crippen molar-refractivity contribution in [1.82, 2.24) is 0 Å². The summed E-state index contributed by atoms with van der Waals surface area (Å²) in [7, 11) is 0. The first-order valence-corrected chi connectivity index (χ1v) is 5.38. The summed E-state index contributed by atoms with van der Waals surface area (Å²) < 4.78 is 11.0. The van der Waals surface area contributed by atoms with Crippen molar-refractivity contribution < 1.29 is 9.47 Å². The molecule has 0 aliphatic carbocycles. The normalized spacial score (nSPS) is 19.4. The summed E-state index contributed by atoms with van der Waals surface area (Å²) in [6.07, 6.45) is 0. The van der Waals surface area contributed by atoms with Gasteiger partial charge in [0.1, 0.15) is 0 Å². The zero-order valence-electron chi connectivity index (χ0n) is 8.00. The first-order chi connectivity index (χ1) is 7.19. The van der Waals surface area contributed by atoms with Crippen LogP contribution in [0.3, 0.4) is 0 Å². The van der Waals surface area contributed by atoms with E-state index >= 15 is 0 Å². The number of hydrogen-bond donors (Lipinski definition) is 1. The van der Waals surface area contributed by atoms with Crippen molar-refractivity contribution >= 4 is 23.2 Å². The van der Waals surface area contributed by atoms with E-state index in [1.165, 1.54) is 0 Å². The van der Waals surface area contributed by atoms with Gasteiger partial charge in [0, 0.05) is 5.56 Å². The molecule has 82 valence electrons. The highest BCUT2D eigenvalue weighted by atomic mass is 35.5. The van der Waals surface area contributed by atoms with Crippen molar-refractivity contribution in [2.45, 2.75) is 5.79 Å². The van der Waals surface area contributed by atoms with E-state index in [4.69, 9.17) is 38.4 Å². The van der Waals surface area contributed by atoms with Gasteiger partial charge in [-0.05, 0) is 6.07 Å². The van der Waals surface area contributed by atoms with E-state index < -0.39 is 5.79 Å². The molecule has 2 N–H and O–H groups in total. The molecule has 0 radical (unpaired) electrons. The smallest absolute Gasteiger partial charge is 0.209 e. The minimum absolute atomic E-state index is 0.215. The second kappa shape index (κ2) is 4.28. The van der Waals surface area contributed by atoms with Crippen LogP contribution < -0.4 is 5.73 Å². The summed E-state index contributed by atoms with van der Waals surface area (Å²) >= 11 is 12.0.